The van der Waals surface area contributed by atoms with E-state index in [1.165, 1.54) is 12.8 Å². The van der Waals surface area contributed by atoms with E-state index in [4.69, 9.17) is 9.26 Å². The normalized spacial score (nSPS) is 19.7. The zero-order valence-corrected chi connectivity index (χ0v) is 16.0. The number of ether oxygens (including phenoxy) is 1. The molecule has 4 rings (SSSR count). The molecule has 0 radical (unpaired) electrons. The molecule has 144 valence electrons. The first kappa shape index (κ1) is 18.0. The van der Waals surface area contributed by atoms with Crippen LogP contribution in [-0.4, -0.2) is 30.3 Å². The van der Waals surface area contributed by atoms with E-state index in [9.17, 15) is 4.79 Å². The number of rotatable bonds is 6. The fourth-order valence-corrected chi connectivity index (χ4v) is 3.64. The van der Waals surface area contributed by atoms with Gasteiger partial charge in [0.25, 0.3) is 0 Å². The summed E-state index contributed by atoms with van der Waals surface area (Å²) in [5.74, 6) is 1.81. The Morgan fingerprint density at radius 2 is 2.15 bits per heavy atom. The molecule has 2 N–H and O–H groups in total. The number of piperidine rings is 1. The Kier molecular flexibility index (Phi) is 5.16. The molecule has 27 heavy (non-hydrogen) atoms. The lowest BCUT2D eigenvalue weighted by Gasteiger charge is -2.24. The summed E-state index contributed by atoms with van der Waals surface area (Å²) in [7, 11) is 0. The van der Waals surface area contributed by atoms with Crippen LogP contribution in [0, 0.1) is 19.8 Å². The van der Waals surface area contributed by atoms with Crippen molar-refractivity contribution in [3.63, 3.8) is 0 Å². The third-order valence-electron chi connectivity index (χ3n) is 5.35. The lowest BCUT2D eigenvalue weighted by molar-refractivity contribution is -0.117. The van der Waals surface area contributed by atoms with Gasteiger partial charge >= 0.3 is 0 Å². The molecule has 6 nitrogen and oxygen atoms in total. The van der Waals surface area contributed by atoms with Crippen molar-refractivity contribution in [3.8, 4) is 16.9 Å². The van der Waals surface area contributed by atoms with Crippen molar-refractivity contribution in [2.24, 2.45) is 5.92 Å². The van der Waals surface area contributed by atoms with Crippen molar-refractivity contribution in [3.05, 3.63) is 29.7 Å². The third-order valence-corrected chi connectivity index (χ3v) is 5.35. The Morgan fingerprint density at radius 3 is 2.81 bits per heavy atom. The van der Waals surface area contributed by atoms with Crippen LogP contribution in [0.15, 0.2) is 22.7 Å². The highest BCUT2D eigenvalue weighted by Gasteiger charge is 2.30. The molecule has 1 saturated carbocycles. The molecular weight excluding hydrogens is 342 g/mol. The molecule has 6 heteroatoms. The number of hydrogen-bond acceptors (Lipinski definition) is 5. The van der Waals surface area contributed by atoms with E-state index in [0.717, 1.165) is 59.8 Å². The molecule has 2 heterocycles. The Hall–Kier alpha value is -2.34. The summed E-state index contributed by atoms with van der Waals surface area (Å²) in [4.78, 5) is 12.1. The van der Waals surface area contributed by atoms with Crippen molar-refractivity contribution in [1.29, 1.82) is 0 Å². The largest absolute Gasteiger partial charge is 0.491 e. The number of anilines is 1. The molecule has 2 aliphatic rings. The lowest BCUT2D eigenvalue weighted by atomic mass is 10.0. The van der Waals surface area contributed by atoms with Crippen molar-refractivity contribution in [2.45, 2.75) is 52.0 Å². The molecule has 0 spiro atoms. The Balaban J connectivity index is 1.59. The zero-order valence-electron chi connectivity index (χ0n) is 16.0. The van der Waals surface area contributed by atoms with Crippen LogP contribution >= 0.6 is 0 Å². The van der Waals surface area contributed by atoms with Crippen LogP contribution in [0.3, 0.4) is 0 Å². The van der Waals surface area contributed by atoms with E-state index in [1.54, 1.807) is 0 Å². The van der Waals surface area contributed by atoms with E-state index in [0.29, 0.717) is 12.6 Å². The number of hydrogen-bond donors (Lipinski definition) is 2. The van der Waals surface area contributed by atoms with E-state index in [2.05, 4.69) is 15.8 Å². The monoisotopic (exact) mass is 369 g/mol. The number of benzene rings is 1. The predicted molar refractivity (Wildman–Crippen MR) is 104 cm³/mol. The van der Waals surface area contributed by atoms with Gasteiger partial charge in [0.1, 0.15) is 18.1 Å². The van der Waals surface area contributed by atoms with E-state index in [-0.39, 0.29) is 11.8 Å². The number of aromatic nitrogens is 1. The van der Waals surface area contributed by atoms with Gasteiger partial charge in [-0.15, -0.1) is 0 Å². The summed E-state index contributed by atoms with van der Waals surface area (Å²) < 4.78 is 11.5. The molecule has 0 unspecified atom stereocenters. The van der Waals surface area contributed by atoms with Crippen LogP contribution in [0.5, 0.6) is 5.75 Å². The van der Waals surface area contributed by atoms with E-state index >= 15 is 0 Å². The minimum atomic E-state index is 0.0970. The van der Waals surface area contributed by atoms with Crippen LogP contribution < -0.4 is 15.4 Å². The maximum absolute atomic E-state index is 12.1. The highest BCUT2D eigenvalue weighted by atomic mass is 16.5. The van der Waals surface area contributed by atoms with Gasteiger partial charge in [-0.25, -0.2) is 0 Å². The summed E-state index contributed by atoms with van der Waals surface area (Å²) in [5.41, 5.74) is 3.45. The van der Waals surface area contributed by atoms with Crippen molar-refractivity contribution in [2.75, 3.05) is 18.5 Å². The van der Waals surface area contributed by atoms with E-state index < -0.39 is 0 Å². The minimum absolute atomic E-state index is 0.0970. The van der Waals surface area contributed by atoms with Crippen LogP contribution in [0.2, 0.25) is 0 Å². The van der Waals surface area contributed by atoms with Gasteiger partial charge in [-0.05, 0) is 64.3 Å². The van der Waals surface area contributed by atoms with Crippen LogP contribution in [0.4, 0.5) is 5.69 Å². The second-order valence-electron chi connectivity index (χ2n) is 7.63. The second-order valence-corrected chi connectivity index (χ2v) is 7.63. The van der Waals surface area contributed by atoms with Crippen molar-refractivity contribution >= 4 is 11.6 Å². The maximum atomic E-state index is 12.1. The van der Waals surface area contributed by atoms with Crippen LogP contribution in [-0.2, 0) is 4.79 Å². The minimum Gasteiger partial charge on any atom is -0.491 e. The number of nitrogens with one attached hydrogen (secondary N) is 2. The Bertz CT molecular complexity index is 801. The fourth-order valence-electron chi connectivity index (χ4n) is 3.64. The first-order chi connectivity index (χ1) is 13.1. The molecule has 1 saturated heterocycles. The first-order valence-corrected chi connectivity index (χ1v) is 9.86. The van der Waals surface area contributed by atoms with Gasteiger partial charge in [0.15, 0.2) is 0 Å². The van der Waals surface area contributed by atoms with Gasteiger partial charge in [-0.3, -0.25) is 4.79 Å². The predicted octanol–water partition coefficient (Wildman–Crippen LogP) is 3.83. The molecule has 1 atom stereocenters. The molecule has 1 aromatic heterocycles. The van der Waals surface area contributed by atoms with Gasteiger partial charge in [0.05, 0.1) is 11.3 Å². The van der Waals surface area contributed by atoms with Crippen LogP contribution in [0.1, 0.15) is 43.6 Å². The molecule has 1 aliphatic heterocycles. The Labute approximate surface area is 159 Å². The van der Waals surface area contributed by atoms with Gasteiger partial charge in [0.2, 0.25) is 5.91 Å². The van der Waals surface area contributed by atoms with Crippen molar-refractivity contribution < 1.29 is 14.1 Å². The number of carbonyl (C=O) groups is 1. The van der Waals surface area contributed by atoms with Gasteiger partial charge in [0, 0.05) is 23.2 Å². The van der Waals surface area contributed by atoms with Crippen molar-refractivity contribution in [1.82, 2.24) is 10.5 Å². The molecular formula is C21H27N3O3. The molecule has 2 aromatic rings. The summed E-state index contributed by atoms with van der Waals surface area (Å²) in [6.45, 7) is 5.51. The average molecular weight is 369 g/mol. The van der Waals surface area contributed by atoms with Gasteiger partial charge in [-0.2, -0.15) is 0 Å². The number of amides is 1. The highest BCUT2D eigenvalue weighted by molar-refractivity contribution is 5.95. The smallest absolute Gasteiger partial charge is 0.227 e. The number of aryl methyl sites for hydroxylation is 2. The number of nitrogens with zero attached hydrogens (tertiary/aromatic N) is 1. The fraction of sp³-hybridized carbons (Fsp3) is 0.524. The average Bonchev–Trinajstić information content (AvgIpc) is 3.47. The third kappa shape index (κ3) is 4.16. The summed E-state index contributed by atoms with van der Waals surface area (Å²) >= 11 is 0. The highest BCUT2D eigenvalue weighted by Crippen LogP contribution is 2.37. The summed E-state index contributed by atoms with van der Waals surface area (Å²) in [6, 6.07) is 6.19. The van der Waals surface area contributed by atoms with E-state index in [1.807, 2.05) is 32.0 Å². The number of carbonyl (C=O) groups excluding carboxylic acids is 1. The lowest BCUT2D eigenvalue weighted by Crippen LogP contribution is -2.38. The second kappa shape index (κ2) is 7.72. The zero-order chi connectivity index (χ0) is 18.8. The maximum Gasteiger partial charge on any atom is 0.227 e. The molecule has 2 fully saturated rings. The topological polar surface area (TPSA) is 76.4 Å². The van der Waals surface area contributed by atoms with Gasteiger partial charge < -0.3 is 19.9 Å². The van der Waals surface area contributed by atoms with Crippen LogP contribution in [0.25, 0.3) is 11.1 Å². The molecule has 1 aliphatic carbocycles. The molecule has 1 aromatic carbocycles. The molecule has 0 bridgehead atoms. The first-order valence-electron chi connectivity index (χ1n) is 9.86. The quantitative estimate of drug-likeness (QED) is 0.809. The standard InChI is InChI=1S/C21H27N3O3/c1-13-20(14(2)27-24-13)18-11-16(23-21(25)15-6-7-15)8-9-19(18)26-12-17-5-3-4-10-22-17/h8-9,11,15,17,22H,3-7,10,12H2,1-2H3,(H,23,25)/t17-/m1/s1. The summed E-state index contributed by atoms with van der Waals surface area (Å²) in [5, 5.41) is 10.6. The Morgan fingerprint density at radius 1 is 1.30 bits per heavy atom. The molecule has 1 amide bonds. The summed E-state index contributed by atoms with van der Waals surface area (Å²) in [6.07, 6.45) is 5.58. The SMILES string of the molecule is Cc1noc(C)c1-c1cc(NC(=O)C2CC2)ccc1OC[C@H]1CCCCN1. The van der Waals surface area contributed by atoms with Gasteiger partial charge in [-0.1, -0.05) is 11.6 Å².